The number of rotatable bonds is 6. The third kappa shape index (κ3) is 3.62. The smallest absolute Gasteiger partial charge is 0.0658 e. The fraction of sp³-hybridized carbons (Fsp3) is 0.800. The van der Waals surface area contributed by atoms with E-state index < -0.39 is 0 Å². The number of nitrogens with one attached hydrogen (secondary N) is 1. The van der Waals surface area contributed by atoms with Crippen molar-refractivity contribution in [3.8, 4) is 0 Å². The van der Waals surface area contributed by atoms with Gasteiger partial charge in [0.25, 0.3) is 0 Å². The predicted octanol–water partition coefficient (Wildman–Crippen LogP) is 3.03. The molecule has 1 fully saturated rings. The van der Waals surface area contributed by atoms with E-state index in [-0.39, 0.29) is 0 Å². The first-order valence-corrected chi connectivity index (χ1v) is 8.31. The van der Waals surface area contributed by atoms with Gasteiger partial charge in [-0.25, -0.2) is 0 Å². The zero-order chi connectivity index (χ0) is 14.5. The average Bonchev–Trinajstić information content (AvgIpc) is 2.80. The summed E-state index contributed by atoms with van der Waals surface area (Å²) in [7, 11) is 3.79. The zero-order valence-electron chi connectivity index (χ0n) is 12.7. The first-order chi connectivity index (χ1) is 9.67. The molecule has 0 radical (unpaired) electrons. The minimum absolute atomic E-state index is 0.583. The average molecular weight is 344 g/mol. The molecule has 3 atom stereocenters. The van der Waals surface area contributed by atoms with Crippen LogP contribution in [0.15, 0.2) is 10.7 Å². The summed E-state index contributed by atoms with van der Waals surface area (Å²) >= 11 is 3.70. The molecule has 1 aromatic heterocycles. The van der Waals surface area contributed by atoms with E-state index in [1.807, 2.05) is 13.2 Å². The lowest BCUT2D eigenvalue weighted by molar-refractivity contribution is 0.177. The fourth-order valence-electron chi connectivity index (χ4n) is 3.38. The Hall–Kier alpha value is -0.390. The summed E-state index contributed by atoms with van der Waals surface area (Å²) in [6.45, 7) is 4.99. The quantitative estimate of drug-likeness (QED) is 0.862. The van der Waals surface area contributed by atoms with Crippen LogP contribution < -0.4 is 5.32 Å². The summed E-state index contributed by atoms with van der Waals surface area (Å²) in [5, 5.41) is 7.87. The van der Waals surface area contributed by atoms with E-state index in [2.05, 4.69) is 38.0 Å². The number of hydrogen-bond donors (Lipinski definition) is 1. The molecule has 1 N–H and O–H groups in total. The maximum Gasteiger partial charge on any atom is 0.0658 e. The van der Waals surface area contributed by atoms with Crippen LogP contribution in [0.2, 0.25) is 0 Å². The largest absolute Gasteiger partial charge is 0.383 e. The number of aromatic nitrogens is 2. The first kappa shape index (κ1) is 16.0. The second kappa shape index (κ2) is 7.57. The lowest BCUT2D eigenvalue weighted by atomic mass is 9.73. The number of nitrogens with zero attached hydrogens (tertiary/aromatic N) is 2. The summed E-state index contributed by atoms with van der Waals surface area (Å²) in [6, 6.07) is 0. The Bertz CT molecular complexity index is 421. The summed E-state index contributed by atoms with van der Waals surface area (Å²) in [5.74, 6) is 2.08. The van der Waals surface area contributed by atoms with Gasteiger partial charge in [0.1, 0.15) is 0 Å². The summed E-state index contributed by atoms with van der Waals surface area (Å²) in [5.41, 5.74) is 1.36. The van der Waals surface area contributed by atoms with Crippen molar-refractivity contribution in [2.75, 3.05) is 27.3 Å². The molecule has 0 amide bonds. The van der Waals surface area contributed by atoms with Gasteiger partial charge in [-0.15, -0.1) is 0 Å². The van der Waals surface area contributed by atoms with E-state index in [1.54, 1.807) is 7.11 Å². The van der Waals surface area contributed by atoms with Crippen LogP contribution in [0, 0.1) is 11.8 Å². The van der Waals surface area contributed by atoms with E-state index in [0.717, 1.165) is 23.5 Å². The van der Waals surface area contributed by atoms with E-state index in [4.69, 9.17) is 4.74 Å². The van der Waals surface area contributed by atoms with Crippen LogP contribution in [0.1, 0.15) is 37.8 Å². The Morgan fingerprint density at radius 1 is 1.50 bits per heavy atom. The lowest BCUT2D eigenvalue weighted by Crippen LogP contribution is -2.31. The molecule has 20 heavy (non-hydrogen) atoms. The number of methoxy groups -OCH3 is 1. The van der Waals surface area contributed by atoms with Crippen LogP contribution in [0.3, 0.4) is 0 Å². The van der Waals surface area contributed by atoms with Gasteiger partial charge in [0.2, 0.25) is 0 Å². The molecule has 2 rings (SSSR count). The van der Waals surface area contributed by atoms with E-state index in [1.165, 1.54) is 25.0 Å². The summed E-state index contributed by atoms with van der Waals surface area (Å²) < 4.78 is 8.48. The van der Waals surface area contributed by atoms with Crippen LogP contribution in [-0.2, 0) is 11.3 Å². The topological polar surface area (TPSA) is 39.1 Å². The van der Waals surface area contributed by atoms with Crippen molar-refractivity contribution in [3.05, 3.63) is 16.4 Å². The zero-order valence-corrected chi connectivity index (χ0v) is 14.3. The molecule has 5 heteroatoms. The summed E-state index contributed by atoms with van der Waals surface area (Å²) in [6.07, 6.45) is 5.82. The molecule has 1 heterocycles. The highest BCUT2D eigenvalue weighted by atomic mass is 79.9. The van der Waals surface area contributed by atoms with Gasteiger partial charge in [0.15, 0.2) is 0 Å². The van der Waals surface area contributed by atoms with Crippen molar-refractivity contribution in [3.63, 3.8) is 0 Å². The normalized spacial score (nSPS) is 26.9. The molecule has 0 saturated heterocycles. The molecule has 0 bridgehead atoms. The minimum Gasteiger partial charge on any atom is -0.383 e. The molecule has 0 spiro atoms. The van der Waals surface area contributed by atoms with Crippen molar-refractivity contribution in [2.24, 2.45) is 11.8 Å². The van der Waals surface area contributed by atoms with Gasteiger partial charge >= 0.3 is 0 Å². The monoisotopic (exact) mass is 343 g/mol. The second-order valence-corrected chi connectivity index (χ2v) is 6.79. The van der Waals surface area contributed by atoms with Gasteiger partial charge in [-0.3, -0.25) is 4.68 Å². The van der Waals surface area contributed by atoms with Gasteiger partial charge in [-0.1, -0.05) is 13.3 Å². The number of ether oxygens (including phenoxy) is 1. The summed E-state index contributed by atoms with van der Waals surface area (Å²) in [4.78, 5) is 0. The highest BCUT2D eigenvalue weighted by Gasteiger charge is 2.32. The molecular weight excluding hydrogens is 318 g/mol. The van der Waals surface area contributed by atoms with Gasteiger partial charge in [-0.05, 0) is 54.2 Å². The first-order valence-electron chi connectivity index (χ1n) is 7.52. The van der Waals surface area contributed by atoms with Gasteiger partial charge in [0, 0.05) is 13.0 Å². The molecule has 0 aromatic carbocycles. The maximum atomic E-state index is 5.20. The standard InChI is InChI=1S/C15H26BrN3O/c1-11-4-5-12(9-17-2)13(8-11)15-14(16)10-18-19(15)6-7-20-3/h10-13,17H,4-9H2,1-3H3. The Morgan fingerprint density at radius 2 is 2.30 bits per heavy atom. The van der Waals surface area contributed by atoms with Crippen LogP contribution in [0.4, 0.5) is 0 Å². The molecule has 0 aliphatic heterocycles. The molecule has 1 aliphatic carbocycles. The van der Waals surface area contributed by atoms with E-state index >= 15 is 0 Å². The maximum absolute atomic E-state index is 5.20. The number of halogens is 1. The molecule has 4 nitrogen and oxygen atoms in total. The minimum atomic E-state index is 0.583. The van der Waals surface area contributed by atoms with Crippen molar-refractivity contribution in [1.29, 1.82) is 0 Å². The SMILES string of the molecule is CNCC1CCC(C)CC1c1c(Br)cnn1CCOC. The second-order valence-electron chi connectivity index (χ2n) is 5.94. The van der Waals surface area contributed by atoms with Crippen LogP contribution in [0.5, 0.6) is 0 Å². The molecular formula is C15H26BrN3O. The van der Waals surface area contributed by atoms with E-state index in [9.17, 15) is 0 Å². The predicted molar refractivity (Wildman–Crippen MR) is 85.0 cm³/mol. The van der Waals surface area contributed by atoms with Crippen molar-refractivity contribution in [1.82, 2.24) is 15.1 Å². The Balaban J connectivity index is 2.23. The Morgan fingerprint density at radius 3 is 3.00 bits per heavy atom. The van der Waals surface area contributed by atoms with Crippen molar-refractivity contribution < 1.29 is 4.74 Å². The molecule has 1 aromatic rings. The Kier molecular flexibility index (Phi) is 6.05. The third-order valence-corrected chi connectivity index (χ3v) is 5.02. The fourth-order valence-corrected chi connectivity index (χ4v) is 3.97. The van der Waals surface area contributed by atoms with Crippen molar-refractivity contribution >= 4 is 15.9 Å². The van der Waals surface area contributed by atoms with E-state index in [0.29, 0.717) is 18.4 Å². The molecule has 1 aliphatic rings. The van der Waals surface area contributed by atoms with Crippen LogP contribution >= 0.6 is 15.9 Å². The van der Waals surface area contributed by atoms with Gasteiger partial charge in [-0.2, -0.15) is 5.10 Å². The number of hydrogen-bond acceptors (Lipinski definition) is 3. The highest BCUT2D eigenvalue weighted by Crippen LogP contribution is 2.42. The van der Waals surface area contributed by atoms with Crippen LogP contribution in [0.25, 0.3) is 0 Å². The van der Waals surface area contributed by atoms with Gasteiger partial charge in [0.05, 0.1) is 29.5 Å². The lowest BCUT2D eigenvalue weighted by Gasteiger charge is -2.35. The van der Waals surface area contributed by atoms with Crippen LogP contribution in [-0.4, -0.2) is 37.1 Å². The molecule has 1 saturated carbocycles. The highest BCUT2D eigenvalue weighted by molar-refractivity contribution is 9.10. The van der Waals surface area contributed by atoms with Gasteiger partial charge < -0.3 is 10.1 Å². The third-order valence-electron chi connectivity index (χ3n) is 4.41. The Labute approximate surface area is 130 Å². The molecule has 3 unspecified atom stereocenters. The molecule has 114 valence electrons. The van der Waals surface area contributed by atoms with Crippen molar-refractivity contribution in [2.45, 2.75) is 38.6 Å².